The molecule has 1 fully saturated rings. The number of rotatable bonds is 6. The number of carboxylic acids is 1. The van der Waals surface area contributed by atoms with E-state index >= 15 is 0 Å². The Morgan fingerprint density at radius 2 is 1.95 bits per heavy atom. The summed E-state index contributed by atoms with van der Waals surface area (Å²) in [4.78, 5) is 23.3. The summed E-state index contributed by atoms with van der Waals surface area (Å²) >= 11 is 0. The maximum absolute atomic E-state index is 12.4. The number of amides is 1. The molecule has 0 bridgehead atoms. The third kappa shape index (κ3) is 4.10. The molecule has 0 spiro atoms. The monoisotopic (exact) mass is 303 g/mol. The first kappa shape index (κ1) is 16.1. The van der Waals surface area contributed by atoms with Crippen LogP contribution < -0.4 is 10.1 Å². The molecule has 1 saturated carbocycles. The normalized spacial score (nSPS) is 20.9. The molecule has 0 aromatic heterocycles. The third-order valence-electron chi connectivity index (χ3n) is 3.90. The molecule has 1 aromatic carbocycles. The van der Waals surface area contributed by atoms with Gasteiger partial charge in [-0.05, 0) is 37.8 Å². The first-order valence-electron chi connectivity index (χ1n) is 7.48. The molecule has 1 aliphatic carbocycles. The highest BCUT2D eigenvalue weighted by atomic mass is 16.5. The van der Waals surface area contributed by atoms with E-state index < -0.39 is 5.97 Å². The van der Waals surface area contributed by atoms with E-state index in [9.17, 15) is 9.59 Å². The number of aliphatic carboxylic acids is 1. The number of carboxylic acid groups (broad SMARTS) is 1. The lowest BCUT2D eigenvalue weighted by Crippen LogP contribution is -2.38. The predicted molar refractivity (Wildman–Crippen MR) is 83.0 cm³/mol. The molecule has 0 atom stereocenters. The van der Waals surface area contributed by atoms with E-state index in [4.69, 9.17) is 9.84 Å². The summed E-state index contributed by atoms with van der Waals surface area (Å²) in [6.07, 6.45) is 4.22. The highest BCUT2D eigenvalue weighted by Gasteiger charge is 2.27. The predicted octanol–water partition coefficient (Wildman–Crippen LogP) is 2.62. The van der Waals surface area contributed by atoms with Crippen molar-refractivity contribution in [3.05, 3.63) is 42.5 Å². The van der Waals surface area contributed by atoms with Crippen LogP contribution in [0.5, 0.6) is 5.75 Å². The number of hydrogen-bond acceptors (Lipinski definition) is 3. The summed E-state index contributed by atoms with van der Waals surface area (Å²) in [5.41, 5.74) is 0.490. The molecule has 1 aromatic rings. The fraction of sp³-hybridized carbons (Fsp3) is 0.412. The van der Waals surface area contributed by atoms with Crippen molar-refractivity contribution in [3.8, 4) is 5.75 Å². The topological polar surface area (TPSA) is 75.6 Å². The van der Waals surface area contributed by atoms with E-state index in [2.05, 4.69) is 11.9 Å². The smallest absolute Gasteiger partial charge is 0.306 e. The zero-order valence-corrected chi connectivity index (χ0v) is 12.5. The van der Waals surface area contributed by atoms with Crippen LogP contribution in [0.3, 0.4) is 0 Å². The molecule has 2 rings (SSSR count). The van der Waals surface area contributed by atoms with E-state index in [0.29, 0.717) is 43.6 Å². The quantitative estimate of drug-likeness (QED) is 0.792. The molecule has 0 saturated heterocycles. The maximum atomic E-state index is 12.4. The van der Waals surface area contributed by atoms with E-state index in [0.717, 1.165) is 0 Å². The van der Waals surface area contributed by atoms with E-state index in [-0.39, 0.29) is 17.9 Å². The van der Waals surface area contributed by atoms with Crippen molar-refractivity contribution in [1.29, 1.82) is 0 Å². The number of nitrogens with one attached hydrogen (secondary N) is 1. The molecular weight excluding hydrogens is 282 g/mol. The zero-order chi connectivity index (χ0) is 15.9. The minimum absolute atomic E-state index is 0.0237. The van der Waals surface area contributed by atoms with Gasteiger partial charge in [-0.3, -0.25) is 9.59 Å². The highest BCUT2D eigenvalue weighted by molar-refractivity contribution is 5.97. The molecule has 0 unspecified atom stereocenters. The van der Waals surface area contributed by atoms with Crippen molar-refractivity contribution < 1.29 is 19.4 Å². The van der Waals surface area contributed by atoms with Crippen molar-refractivity contribution in [2.45, 2.75) is 31.7 Å². The van der Waals surface area contributed by atoms with Crippen LogP contribution in [-0.4, -0.2) is 29.6 Å². The van der Waals surface area contributed by atoms with Gasteiger partial charge in [-0.15, -0.1) is 0 Å². The molecule has 1 aliphatic rings. The lowest BCUT2D eigenvalue weighted by Gasteiger charge is -2.27. The molecule has 118 valence electrons. The molecule has 0 heterocycles. The number of ether oxygens (including phenoxy) is 1. The molecule has 1 amide bonds. The summed E-state index contributed by atoms with van der Waals surface area (Å²) in [7, 11) is 0. The van der Waals surface area contributed by atoms with Gasteiger partial charge in [0.05, 0.1) is 11.5 Å². The molecular formula is C17H21NO4. The molecule has 0 aliphatic heterocycles. The Hall–Kier alpha value is -2.30. The fourth-order valence-corrected chi connectivity index (χ4v) is 2.68. The number of carbonyl (C=O) groups excluding carboxylic acids is 1. The summed E-state index contributed by atoms with van der Waals surface area (Å²) in [6, 6.07) is 7.09. The zero-order valence-electron chi connectivity index (χ0n) is 12.5. The van der Waals surface area contributed by atoms with Crippen LogP contribution in [0.15, 0.2) is 36.9 Å². The standard InChI is InChI=1S/C17H21NO4/c1-2-11-22-15-6-4-3-5-14(15)16(19)18-13-9-7-12(8-10-13)17(20)21/h2-6,12-13H,1,7-11H2,(H,18,19)(H,20,21). The molecule has 0 radical (unpaired) electrons. The van der Waals surface area contributed by atoms with Crippen LogP contribution in [0, 0.1) is 5.92 Å². The summed E-state index contributed by atoms with van der Waals surface area (Å²) in [5.74, 6) is -0.679. The Morgan fingerprint density at radius 3 is 2.59 bits per heavy atom. The van der Waals surface area contributed by atoms with Crippen LogP contribution in [0.2, 0.25) is 0 Å². The number of carbonyl (C=O) groups is 2. The summed E-state index contributed by atoms with van der Waals surface area (Å²) < 4.78 is 5.49. The van der Waals surface area contributed by atoms with Gasteiger partial charge in [0, 0.05) is 6.04 Å². The Labute approximate surface area is 130 Å². The lowest BCUT2D eigenvalue weighted by atomic mass is 9.86. The lowest BCUT2D eigenvalue weighted by molar-refractivity contribution is -0.142. The number of benzene rings is 1. The van der Waals surface area contributed by atoms with Gasteiger partial charge in [-0.2, -0.15) is 0 Å². The minimum atomic E-state index is -0.743. The van der Waals surface area contributed by atoms with Gasteiger partial charge in [0.2, 0.25) is 0 Å². The van der Waals surface area contributed by atoms with Crippen LogP contribution in [0.25, 0.3) is 0 Å². The van der Waals surface area contributed by atoms with Crippen molar-refractivity contribution in [2.24, 2.45) is 5.92 Å². The van der Waals surface area contributed by atoms with Crippen molar-refractivity contribution >= 4 is 11.9 Å². The third-order valence-corrected chi connectivity index (χ3v) is 3.90. The van der Waals surface area contributed by atoms with Gasteiger partial charge in [0.1, 0.15) is 12.4 Å². The Morgan fingerprint density at radius 1 is 1.27 bits per heavy atom. The summed E-state index contributed by atoms with van der Waals surface area (Å²) in [6.45, 7) is 3.93. The second-order valence-corrected chi connectivity index (χ2v) is 5.46. The van der Waals surface area contributed by atoms with Gasteiger partial charge in [-0.25, -0.2) is 0 Å². The Kier molecular flexibility index (Phi) is 5.58. The highest BCUT2D eigenvalue weighted by Crippen LogP contribution is 2.25. The number of hydrogen-bond donors (Lipinski definition) is 2. The van der Waals surface area contributed by atoms with Gasteiger partial charge in [-0.1, -0.05) is 24.8 Å². The fourth-order valence-electron chi connectivity index (χ4n) is 2.68. The second kappa shape index (κ2) is 7.64. The first-order valence-corrected chi connectivity index (χ1v) is 7.48. The molecule has 22 heavy (non-hydrogen) atoms. The van der Waals surface area contributed by atoms with E-state index in [1.807, 2.05) is 6.07 Å². The average molecular weight is 303 g/mol. The van der Waals surface area contributed by atoms with Crippen molar-refractivity contribution in [1.82, 2.24) is 5.32 Å². The largest absolute Gasteiger partial charge is 0.489 e. The second-order valence-electron chi connectivity index (χ2n) is 5.46. The minimum Gasteiger partial charge on any atom is -0.489 e. The van der Waals surface area contributed by atoms with Gasteiger partial charge in [0.25, 0.3) is 5.91 Å². The van der Waals surface area contributed by atoms with Crippen LogP contribution in [-0.2, 0) is 4.79 Å². The van der Waals surface area contributed by atoms with Crippen LogP contribution in [0.4, 0.5) is 0 Å². The Bertz CT molecular complexity index is 547. The maximum Gasteiger partial charge on any atom is 0.306 e. The van der Waals surface area contributed by atoms with E-state index in [1.54, 1.807) is 24.3 Å². The van der Waals surface area contributed by atoms with Gasteiger partial charge >= 0.3 is 5.97 Å². The van der Waals surface area contributed by atoms with Crippen molar-refractivity contribution in [3.63, 3.8) is 0 Å². The van der Waals surface area contributed by atoms with E-state index in [1.165, 1.54) is 0 Å². The average Bonchev–Trinajstić information content (AvgIpc) is 2.53. The first-order chi connectivity index (χ1) is 10.6. The Balaban J connectivity index is 1.95. The summed E-state index contributed by atoms with van der Waals surface area (Å²) in [5, 5.41) is 12.0. The molecule has 5 heteroatoms. The van der Waals surface area contributed by atoms with Gasteiger partial charge in [0.15, 0.2) is 0 Å². The van der Waals surface area contributed by atoms with Crippen LogP contribution in [0.1, 0.15) is 36.0 Å². The number of para-hydroxylation sites is 1. The van der Waals surface area contributed by atoms with Crippen LogP contribution >= 0.6 is 0 Å². The molecule has 2 N–H and O–H groups in total. The van der Waals surface area contributed by atoms with Gasteiger partial charge < -0.3 is 15.2 Å². The SMILES string of the molecule is C=CCOc1ccccc1C(=O)NC1CCC(C(=O)O)CC1. The van der Waals surface area contributed by atoms with Crippen molar-refractivity contribution in [2.75, 3.05) is 6.61 Å². The molecule has 5 nitrogen and oxygen atoms in total.